The van der Waals surface area contributed by atoms with Crippen LogP contribution in [-0.4, -0.2) is 12.6 Å². The quantitative estimate of drug-likeness (QED) is 0.549. The molecule has 0 atom stereocenters. The van der Waals surface area contributed by atoms with Crippen molar-refractivity contribution < 1.29 is 9.53 Å². The molecule has 1 rings (SSSR count). The molecule has 0 heterocycles. The van der Waals surface area contributed by atoms with E-state index in [1.165, 1.54) is 0 Å². The molecule has 56 valence electrons. The van der Waals surface area contributed by atoms with Crippen molar-refractivity contribution in [3.8, 4) is 6.07 Å². The molecule has 1 aliphatic rings. The van der Waals surface area contributed by atoms with E-state index >= 15 is 0 Å². The van der Waals surface area contributed by atoms with E-state index in [2.05, 4.69) is 4.74 Å². The van der Waals surface area contributed by atoms with Crippen LogP contribution in [0.2, 0.25) is 0 Å². The van der Waals surface area contributed by atoms with Gasteiger partial charge in [-0.1, -0.05) is 18.2 Å². The number of rotatable bonds is 2. The molecule has 0 amide bonds. The number of carbonyl (C=O) groups excluding carboxylic acids is 1. The fourth-order valence-corrected chi connectivity index (χ4v) is 0.789. The summed E-state index contributed by atoms with van der Waals surface area (Å²) in [6, 6.07) is 1.73. The minimum Gasteiger partial charge on any atom is -0.447 e. The Balaban J connectivity index is 2.38. The first kappa shape index (κ1) is 7.55. The lowest BCUT2D eigenvalue weighted by Crippen LogP contribution is -2.06. The molecular weight excluding hydrogens is 142 g/mol. The molecule has 0 N–H and O–H groups in total. The summed E-state index contributed by atoms with van der Waals surface area (Å²) < 4.78 is 4.57. The lowest BCUT2D eigenvalue weighted by atomic mass is 10.2. The Labute approximate surface area is 64.6 Å². The van der Waals surface area contributed by atoms with Crippen LogP contribution in [0.3, 0.4) is 0 Å². The van der Waals surface area contributed by atoms with Crippen molar-refractivity contribution >= 4 is 5.97 Å². The highest BCUT2D eigenvalue weighted by Gasteiger charge is 2.10. The van der Waals surface area contributed by atoms with Crippen LogP contribution in [0.25, 0.3) is 0 Å². The number of ether oxygens (including phenoxy) is 1. The molecule has 0 unspecified atom stereocenters. The summed E-state index contributed by atoms with van der Waals surface area (Å²) in [7, 11) is 0. The van der Waals surface area contributed by atoms with Gasteiger partial charge in [0.05, 0.1) is 0 Å². The van der Waals surface area contributed by atoms with Crippen molar-refractivity contribution in [3.05, 3.63) is 23.8 Å². The van der Waals surface area contributed by atoms with Crippen LogP contribution in [-0.2, 0) is 9.53 Å². The molecule has 0 saturated carbocycles. The fraction of sp³-hybridized carbons (Fsp3) is 0.250. The van der Waals surface area contributed by atoms with Gasteiger partial charge < -0.3 is 4.74 Å². The van der Waals surface area contributed by atoms with Gasteiger partial charge in [-0.15, -0.1) is 0 Å². The normalized spacial score (nSPS) is 13.9. The first-order chi connectivity index (χ1) is 5.34. The van der Waals surface area contributed by atoms with E-state index in [1.807, 2.05) is 6.08 Å². The van der Waals surface area contributed by atoms with Crippen LogP contribution in [0, 0.1) is 11.3 Å². The Bertz CT molecular complexity index is 258. The largest absolute Gasteiger partial charge is 0.447 e. The summed E-state index contributed by atoms with van der Waals surface area (Å²) in [5.41, 5.74) is 0.611. The number of allylic oxidation sites excluding steroid dienone is 3. The number of hydrogen-bond acceptors (Lipinski definition) is 3. The fourth-order valence-electron chi connectivity index (χ4n) is 0.789. The van der Waals surface area contributed by atoms with Gasteiger partial charge in [0.2, 0.25) is 0 Å². The number of carbonyl (C=O) groups is 1. The Morgan fingerprint density at radius 1 is 1.82 bits per heavy atom. The molecule has 0 fully saturated rings. The second-order valence-corrected chi connectivity index (χ2v) is 2.06. The van der Waals surface area contributed by atoms with Crippen LogP contribution in [0.4, 0.5) is 0 Å². The Hall–Kier alpha value is -1.56. The number of nitrogens with zero attached hydrogens (tertiary/aromatic N) is 1. The van der Waals surface area contributed by atoms with E-state index in [1.54, 1.807) is 18.2 Å². The molecule has 0 saturated heterocycles. The first-order valence-electron chi connectivity index (χ1n) is 3.24. The lowest BCUT2D eigenvalue weighted by Gasteiger charge is -1.98. The number of nitriles is 1. The Morgan fingerprint density at radius 2 is 2.64 bits per heavy atom. The molecule has 0 aromatic heterocycles. The van der Waals surface area contributed by atoms with E-state index in [0.717, 1.165) is 0 Å². The van der Waals surface area contributed by atoms with Gasteiger partial charge in [0, 0.05) is 5.57 Å². The highest BCUT2D eigenvalue weighted by molar-refractivity contribution is 5.89. The second-order valence-electron chi connectivity index (χ2n) is 2.06. The molecule has 0 aromatic carbocycles. The highest BCUT2D eigenvalue weighted by atomic mass is 16.5. The van der Waals surface area contributed by atoms with Crippen LogP contribution in [0.5, 0.6) is 0 Å². The highest BCUT2D eigenvalue weighted by Crippen LogP contribution is 2.11. The van der Waals surface area contributed by atoms with Crippen molar-refractivity contribution in [2.75, 3.05) is 6.61 Å². The lowest BCUT2D eigenvalue weighted by molar-refractivity contribution is -0.137. The van der Waals surface area contributed by atoms with Gasteiger partial charge in [-0.2, -0.15) is 5.26 Å². The molecule has 0 radical (unpaired) electrons. The summed E-state index contributed by atoms with van der Waals surface area (Å²) in [4.78, 5) is 10.9. The first-order valence-corrected chi connectivity index (χ1v) is 3.24. The maximum Gasteiger partial charge on any atom is 0.335 e. The van der Waals surface area contributed by atoms with Gasteiger partial charge >= 0.3 is 5.97 Å². The topological polar surface area (TPSA) is 50.1 Å². The molecule has 3 nitrogen and oxygen atoms in total. The van der Waals surface area contributed by atoms with Gasteiger partial charge in [-0.25, -0.2) is 4.79 Å². The third-order valence-electron chi connectivity index (χ3n) is 1.30. The average Bonchev–Trinajstić information content (AvgIpc) is 2.52. The average molecular weight is 149 g/mol. The zero-order chi connectivity index (χ0) is 8.10. The minimum atomic E-state index is -0.392. The zero-order valence-corrected chi connectivity index (χ0v) is 5.91. The van der Waals surface area contributed by atoms with Crippen LogP contribution < -0.4 is 0 Å². The summed E-state index contributed by atoms with van der Waals surface area (Å²) in [5, 5.41) is 8.10. The SMILES string of the molecule is N#CCOC(=O)C1=CC=CC1. The smallest absolute Gasteiger partial charge is 0.335 e. The van der Waals surface area contributed by atoms with Crippen molar-refractivity contribution in [1.29, 1.82) is 5.26 Å². The Kier molecular flexibility index (Phi) is 2.45. The van der Waals surface area contributed by atoms with Crippen LogP contribution in [0.15, 0.2) is 23.8 Å². The van der Waals surface area contributed by atoms with Gasteiger partial charge in [-0.3, -0.25) is 0 Å². The van der Waals surface area contributed by atoms with Gasteiger partial charge in [0.25, 0.3) is 0 Å². The van der Waals surface area contributed by atoms with E-state index in [9.17, 15) is 4.79 Å². The predicted octanol–water partition coefficient (Wildman–Crippen LogP) is 0.939. The van der Waals surface area contributed by atoms with Gasteiger partial charge in [0.15, 0.2) is 6.61 Å². The second kappa shape index (κ2) is 3.57. The number of hydrogen-bond donors (Lipinski definition) is 0. The van der Waals surface area contributed by atoms with Gasteiger partial charge in [0.1, 0.15) is 6.07 Å². The predicted molar refractivity (Wildman–Crippen MR) is 38.4 cm³/mol. The third-order valence-corrected chi connectivity index (χ3v) is 1.30. The minimum absolute atomic E-state index is 0.170. The third kappa shape index (κ3) is 1.94. The van der Waals surface area contributed by atoms with Crippen LogP contribution in [0.1, 0.15) is 6.42 Å². The summed E-state index contributed by atoms with van der Waals surface area (Å²) in [6.07, 6.45) is 5.97. The van der Waals surface area contributed by atoms with E-state index in [-0.39, 0.29) is 6.61 Å². The molecule has 0 aromatic rings. The molecule has 11 heavy (non-hydrogen) atoms. The molecule has 0 aliphatic heterocycles. The molecule has 0 bridgehead atoms. The van der Waals surface area contributed by atoms with E-state index in [0.29, 0.717) is 12.0 Å². The standard InChI is InChI=1S/C8H7NO2/c9-5-6-11-8(10)7-3-1-2-4-7/h1-3H,4,6H2. The van der Waals surface area contributed by atoms with Crippen molar-refractivity contribution in [2.45, 2.75) is 6.42 Å². The zero-order valence-electron chi connectivity index (χ0n) is 5.91. The Morgan fingerprint density at radius 3 is 3.18 bits per heavy atom. The molecule has 1 aliphatic carbocycles. The maximum atomic E-state index is 10.9. The van der Waals surface area contributed by atoms with Crippen LogP contribution >= 0.6 is 0 Å². The maximum absolute atomic E-state index is 10.9. The number of esters is 1. The van der Waals surface area contributed by atoms with Crippen molar-refractivity contribution in [2.24, 2.45) is 0 Å². The molecule has 0 spiro atoms. The van der Waals surface area contributed by atoms with E-state index in [4.69, 9.17) is 5.26 Å². The molecule has 3 heteroatoms. The summed E-state index contributed by atoms with van der Waals surface area (Å²) in [6.45, 7) is -0.170. The summed E-state index contributed by atoms with van der Waals surface area (Å²) in [5.74, 6) is -0.392. The van der Waals surface area contributed by atoms with Crippen molar-refractivity contribution in [1.82, 2.24) is 0 Å². The summed E-state index contributed by atoms with van der Waals surface area (Å²) >= 11 is 0. The molecular formula is C8H7NO2. The van der Waals surface area contributed by atoms with Crippen molar-refractivity contribution in [3.63, 3.8) is 0 Å². The van der Waals surface area contributed by atoms with Gasteiger partial charge in [-0.05, 0) is 6.42 Å². The van der Waals surface area contributed by atoms with E-state index < -0.39 is 5.97 Å². The monoisotopic (exact) mass is 149 g/mol.